The molecule has 1 aromatic carbocycles. The zero-order valence-electron chi connectivity index (χ0n) is 18.4. The van der Waals surface area contributed by atoms with Crippen molar-refractivity contribution in [2.45, 2.75) is 65.6 Å². The first-order chi connectivity index (χ1) is 13.4. The monoisotopic (exact) mass is 409 g/mol. The van der Waals surface area contributed by atoms with Gasteiger partial charge in [-0.2, -0.15) is 0 Å². The summed E-state index contributed by atoms with van der Waals surface area (Å²) in [5, 5.41) is 14.8. The van der Waals surface area contributed by atoms with E-state index in [4.69, 9.17) is 29.3 Å². The van der Waals surface area contributed by atoms with Crippen LogP contribution in [-0.4, -0.2) is 65.5 Å². The lowest BCUT2D eigenvalue weighted by Crippen LogP contribution is -2.45. The maximum absolute atomic E-state index is 9.10. The van der Waals surface area contributed by atoms with E-state index >= 15 is 0 Å². The average molecular weight is 410 g/mol. The van der Waals surface area contributed by atoms with Crippen LogP contribution in [0, 0.1) is 6.92 Å². The quantitative estimate of drug-likeness (QED) is 0.569. The summed E-state index contributed by atoms with van der Waals surface area (Å²) in [6, 6.07) is 6.51. The smallest absolute Gasteiger partial charge is 0.414 e. The highest BCUT2D eigenvalue weighted by atomic mass is 16.5. The van der Waals surface area contributed by atoms with Crippen molar-refractivity contribution >= 4 is 11.9 Å². The summed E-state index contributed by atoms with van der Waals surface area (Å²) in [6.45, 7) is 17.1. The minimum Gasteiger partial charge on any atom is -0.493 e. The molecule has 1 aromatic rings. The molecule has 1 heterocycles. The molecule has 1 saturated heterocycles. The van der Waals surface area contributed by atoms with Gasteiger partial charge in [-0.25, -0.2) is 9.59 Å². The molecule has 2 N–H and O–H groups in total. The fourth-order valence-corrected chi connectivity index (χ4v) is 3.29. The molecule has 2 atom stereocenters. The Labute approximate surface area is 173 Å². The third-order valence-corrected chi connectivity index (χ3v) is 4.50. The fourth-order valence-electron chi connectivity index (χ4n) is 3.29. The van der Waals surface area contributed by atoms with Crippen molar-refractivity contribution in [2.24, 2.45) is 0 Å². The summed E-state index contributed by atoms with van der Waals surface area (Å²) in [7, 11) is 0. The van der Waals surface area contributed by atoms with Gasteiger partial charge in [-0.05, 0) is 44.2 Å². The summed E-state index contributed by atoms with van der Waals surface area (Å²) in [5.41, 5.74) is 2.70. The first-order valence-corrected chi connectivity index (χ1v) is 9.98. The van der Waals surface area contributed by atoms with Crippen molar-refractivity contribution in [3.05, 3.63) is 29.3 Å². The van der Waals surface area contributed by atoms with E-state index in [0.717, 1.165) is 38.4 Å². The molecule has 0 amide bonds. The van der Waals surface area contributed by atoms with Gasteiger partial charge in [-0.3, -0.25) is 4.90 Å². The molecule has 7 heteroatoms. The largest absolute Gasteiger partial charge is 0.493 e. The van der Waals surface area contributed by atoms with Crippen molar-refractivity contribution in [1.82, 2.24) is 4.90 Å². The molecule has 0 saturated carbocycles. The molecule has 164 valence electrons. The lowest BCUT2D eigenvalue weighted by molar-refractivity contribution is -0.159. The molecule has 0 aliphatic carbocycles. The average Bonchev–Trinajstić information content (AvgIpc) is 2.58. The zero-order valence-corrected chi connectivity index (χ0v) is 18.4. The van der Waals surface area contributed by atoms with E-state index in [-0.39, 0.29) is 5.41 Å². The summed E-state index contributed by atoms with van der Waals surface area (Å²) < 4.78 is 11.9. The van der Waals surface area contributed by atoms with Gasteiger partial charge < -0.3 is 19.7 Å². The van der Waals surface area contributed by atoms with Gasteiger partial charge >= 0.3 is 11.9 Å². The number of hydrogen-bond acceptors (Lipinski definition) is 5. The molecule has 0 radical (unpaired) electrons. The Morgan fingerprint density at radius 2 is 1.69 bits per heavy atom. The number of ether oxygens (including phenoxy) is 2. The van der Waals surface area contributed by atoms with E-state index in [1.165, 1.54) is 11.1 Å². The molecule has 29 heavy (non-hydrogen) atoms. The first kappa shape index (κ1) is 24.9. The molecule has 1 fully saturated rings. The highest BCUT2D eigenvalue weighted by Gasteiger charge is 2.22. The molecule has 0 aromatic heterocycles. The van der Waals surface area contributed by atoms with Gasteiger partial charge in [-0.1, -0.05) is 38.5 Å². The van der Waals surface area contributed by atoms with Gasteiger partial charge in [0, 0.05) is 19.6 Å². The molecular weight excluding hydrogens is 374 g/mol. The van der Waals surface area contributed by atoms with Crippen LogP contribution in [0.25, 0.3) is 0 Å². The first-order valence-electron chi connectivity index (χ1n) is 9.98. The summed E-state index contributed by atoms with van der Waals surface area (Å²) in [4.78, 5) is 20.7. The predicted octanol–water partition coefficient (Wildman–Crippen LogP) is 3.33. The van der Waals surface area contributed by atoms with Crippen molar-refractivity contribution in [1.29, 1.82) is 0 Å². The lowest BCUT2D eigenvalue weighted by Gasteiger charge is -2.35. The molecule has 2 unspecified atom stereocenters. The second kappa shape index (κ2) is 11.2. The molecule has 1 aliphatic heterocycles. The third kappa shape index (κ3) is 9.28. The van der Waals surface area contributed by atoms with Gasteiger partial charge in [0.25, 0.3) is 0 Å². The van der Waals surface area contributed by atoms with Crippen molar-refractivity contribution in [3.63, 3.8) is 0 Å². The number of morpholine rings is 1. The Balaban J connectivity index is 0.000000612. The van der Waals surface area contributed by atoms with Crippen LogP contribution in [-0.2, 0) is 19.7 Å². The molecular formula is C22H35NO6. The highest BCUT2D eigenvalue weighted by molar-refractivity contribution is 6.27. The number of carboxylic acids is 2. The number of carboxylic acid groups (broad SMARTS) is 2. The Kier molecular flexibility index (Phi) is 9.59. The normalized spacial score (nSPS) is 19.8. The standard InChI is InChI=1S/C20H33NO2.C2H2O4/c1-15-8-9-19(18(12-15)20(4,5)6)22-11-7-10-21-13-16(2)23-17(3)14-21;3-1(4)2(5)6/h8-9,12,16-17H,7,10-11,13-14H2,1-6H3;(H,3,4)(H,5,6). The van der Waals surface area contributed by atoms with Crippen LogP contribution in [0.5, 0.6) is 5.75 Å². The van der Waals surface area contributed by atoms with E-state index in [1.54, 1.807) is 0 Å². The number of aliphatic carboxylic acids is 2. The number of carbonyl (C=O) groups is 2. The third-order valence-electron chi connectivity index (χ3n) is 4.50. The maximum atomic E-state index is 9.10. The summed E-state index contributed by atoms with van der Waals surface area (Å²) in [6.07, 6.45) is 1.73. The Morgan fingerprint density at radius 1 is 1.14 bits per heavy atom. The number of rotatable bonds is 5. The minimum atomic E-state index is -1.82. The zero-order chi connectivity index (χ0) is 22.2. The molecule has 1 aliphatic rings. The van der Waals surface area contributed by atoms with Gasteiger partial charge in [0.2, 0.25) is 0 Å². The molecule has 2 rings (SSSR count). The topological polar surface area (TPSA) is 96.3 Å². The van der Waals surface area contributed by atoms with E-state index < -0.39 is 11.9 Å². The highest BCUT2D eigenvalue weighted by Crippen LogP contribution is 2.32. The van der Waals surface area contributed by atoms with Gasteiger partial charge in [-0.15, -0.1) is 0 Å². The van der Waals surface area contributed by atoms with E-state index in [1.807, 2.05) is 0 Å². The number of hydrogen-bond donors (Lipinski definition) is 2. The second-order valence-electron chi connectivity index (χ2n) is 8.58. The van der Waals surface area contributed by atoms with E-state index in [9.17, 15) is 0 Å². The second-order valence-corrected chi connectivity index (χ2v) is 8.58. The van der Waals surface area contributed by atoms with Crippen LogP contribution in [0.1, 0.15) is 52.2 Å². The van der Waals surface area contributed by atoms with Crippen molar-refractivity contribution in [3.8, 4) is 5.75 Å². The van der Waals surface area contributed by atoms with Crippen LogP contribution in [0.15, 0.2) is 18.2 Å². The van der Waals surface area contributed by atoms with E-state index in [2.05, 4.69) is 64.6 Å². The van der Waals surface area contributed by atoms with Crippen molar-refractivity contribution < 1.29 is 29.3 Å². The van der Waals surface area contributed by atoms with Crippen LogP contribution < -0.4 is 4.74 Å². The number of benzene rings is 1. The lowest BCUT2D eigenvalue weighted by atomic mass is 9.85. The molecule has 0 spiro atoms. The SMILES string of the molecule is Cc1ccc(OCCCN2CC(C)OC(C)C2)c(C(C)(C)C)c1.O=C(O)C(=O)O. The Bertz CT molecular complexity index is 660. The predicted molar refractivity (Wildman–Crippen MR) is 112 cm³/mol. The Hall–Kier alpha value is -2.12. The summed E-state index contributed by atoms with van der Waals surface area (Å²) >= 11 is 0. The van der Waals surface area contributed by atoms with Gasteiger partial charge in [0.1, 0.15) is 5.75 Å². The van der Waals surface area contributed by atoms with Crippen molar-refractivity contribution in [2.75, 3.05) is 26.2 Å². The molecule has 7 nitrogen and oxygen atoms in total. The van der Waals surface area contributed by atoms with Gasteiger partial charge in [0.15, 0.2) is 0 Å². The molecule has 0 bridgehead atoms. The van der Waals surface area contributed by atoms with Crippen LogP contribution in [0.3, 0.4) is 0 Å². The van der Waals surface area contributed by atoms with Gasteiger partial charge in [0.05, 0.1) is 18.8 Å². The minimum absolute atomic E-state index is 0.108. The van der Waals surface area contributed by atoms with Crippen LogP contribution >= 0.6 is 0 Å². The fraction of sp³-hybridized carbons (Fsp3) is 0.636. The van der Waals surface area contributed by atoms with Crippen LogP contribution in [0.4, 0.5) is 0 Å². The maximum Gasteiger partial charge on any atom is 0.414 e. The van der Waals surface area contributed by atoms with Crippen LogP contribution in [0.2, 0.25) is 0 Å². The summed E-state index contributed by atoms with van der Waals surface area (Å²) in [5.74, 6) is -2.61. The number of nitrogens with zero attached hydrogens (tertiary/aromatic N) is 1. The Morgan fingerprint density at radius 3 is 2.17 bits per heavy atom. The van der Waals surface area contributed by atoms with E-state index in [0.29, 0.717) is 12.2 Å². The number of aryl methyl sites for hydroxylation is 1.